The number of amides is 2. The number of hydrogen-bond donors (Lipinski definition) is 1. The molecule has 1 N–H and O–H groups in total. The average Bonchev–Trinajstić information content (AvgIpc) is 3.45. The number of fused-ring (bicyclic) bond motifs is 1. The number of carbonyl (C=O) groups excluding carboxylic acids is 3. The molecule has 0 radical (unpaired) electrons. The Balaban J connectivity index is 1.22. The fourth-order valence-electron chi connectivity index (χ4n) is 4.45. The van der Waals surface area contributed by atoms with E-state index < -0.39 is 23.6 Å². The standard InChI is InChI=1S/C27H23ClF3N5O4S/c1-40-23(37)6-7-32-24(38)18-12-35(13-18)26-34-25(39)22(41-26)9-15-2-5-21-17(8-15)11-33-36(21)14-16-3-4-19(28)10-20(16)27(29,30)31/h2-5,8-11,18H,6-7,12-14H2,1H3,(H,32,38)/b22-9-. The van der Waals surface area contributed by atoms with E-state index >= 15 is 0 Å². The van der Waals surface area contributed by atoms with Gasteiger partial charge in [-0.2, -0.15) is 23.3 Å². The van der Waals surface area contributed by atoms with E-state index in [0.717, 1.165) is 6.07 Å². The van der Waals surface area contributed by atoms with Crippen LogP contribution < -0.4 is 5.32 Å². The number of benzene rings is 2. The molecule has 214 valence electrons. The van der Waals surface area contributed by atoms with Crippen molar-refractivity contribution in [3.8, 4) is 0 Å². The van der Waals surface area contributed by atoms with Gasteiger partial charge in [0.05, 0.1) is 48.2 Å². The largest absolute Gasteiger partial charge is 0.469 e. The van der Waals surface area contributed by atoms with E-state index in [9.17, 15) is 27.6 Å². The second-order valence-corrected chi connectivity index (χ2v) is 10.9. The molecule has 1 fully saturated rings. The first-order chi connectivity index (χ1) is 19.5. The van der Waals surface area contributed by atoms with Crippen LogP contribution in [-0.4, -0.2) is 64.4 Å². The van der Waals surface area contributed by atoms with Gasteiger partial charge in [-0.25, -0.2) is 0 Å². The van der Waals surface area contributed by atoms with E-state index in [4.69, 9.17) is 11.6 Å². The van der Waals surface area contributed by atoms with Gasteiger partial charge in [0, 0.05) is 30.0 Å². The van der Waals surface area contributed by atoms with Gasteiger partial charge in [0.25, 0.3) is 5.91 Å². The molecule has 2 amide bonds. The molecule has 14 heteroatoms. The summed E-state index contributed by atoms with van der Waals surface area (Å²) in [6.45, 7) is 0.917. The Bertz CT molecular complexity index is 1600. The second kappa shape index (κ2) is 11.6. The Morgan fingerprint density at radius 2 is 2.00 bits per heavy atom. The van der Waals surface area contributed by atoms with Crippen molar-refractivity contribution in [2.75, 3.05) is 26.7 Å². The van der Waals surface area contributed by atoms with E-state index in [1.54, 1.807) is 30.5 Å². The van der Waals surface area contributed by atoms with Crippen molar-refractivity contribution in [3.05, 3.63) is 69.2 Å². The summed E-state index contributed by atoms with van der Waals surface area (Å²) in [5.41, 5.74) is 0.574. The van der Waals surface area contributed by atoms with Gasteiger partial charge >= 0.3 is 12.1 Å². The zero-order valence-corrected chi connectivity index (χ0v) is 23.1. The summed E-state index contributed by atoms with van der Waals surface area (Å²) < 4.78 is 46.6. The summed E-state index contributed by atoms with van der Waals surface area (Å²) >= 11 is 7.00. The van der Waals surface area contributed by atoms with Crippen LogP contribution in [0.3, 0.4) is 0 Å². The van der Waals surface area contributed by atoms with Crippen molar-refractivity contribution in [2.45, 2.75) is 19.1 Å². The number of carbonyl (C=O) groups is 3. The highest BCUT2D eigenvalue weighted by molar-refractivity contribution is 8.18. The number of methoxy groups -OCH3 is 1. The van der Waals surface area contributed by atoms with Crippen LogP contribution in [0.1, 0.15) is 23.1 Å². The summed E-state index contributed by atoms with van der Waals surface area (Å²) in [4.78, 5) is 42.3. The topological polar surface area (TPSA) is 106 Å². The minimum atomic E-state index is -4.55. The number of ether oxygens (including phenoxy) is 1. The molecule has 1 saturated heterocycles. The molecule has 3 heterocycles. The van der Waals surface area contributed by atoms with Crippen molar-refractivity contribution in [1.29, 1.82) is 0 Å². The molecule has 2 aromatic carbocycles. The number of aromatic nitrogens is 2. The third-order valence-electron chi connectivity index (χ3n) is 6.65. The maximum Gasteiger partial charge on any atom is 0.416 e. The molecule has 0 spiro atoms. The molecule has 3 aromatic rings. The summed E-state index contributed by atoms with van der Waals surface area (Å²) in [5, 5.41) is 8.18. The van der Waals surface area contributed by atoms with E-state index in [-0.39, 0.29) is 41.9 Å². The van der Waals surface area contributed by atoms with Crippen LogP contribution in [0.15, 0.2) is 52.5 Å². The Morgan fingerprint density at radius 1 is 1.22 bits per heavy atom. The maximum absolute atomic E-state index is 13.5. The molecule has 2 aliphatic heterocycles. The highest BCUT2D eigenvalue weighted by Gasteiger charge is 2.38. The lowest BCUT2D eigenvalue weighted by atomic mass is 10.0. The highest BCUT2D eigenvalue weighted by atomic mass is 35.5. The number of esters is 1. The van der Waals surface area contributed by atoms with Gasteiger partial charge in [0.2, 0.25) is 5.91 Å². The molecule has 0 atom stereocenters. The molecule has 0 saturated carbocycles. The quantitative estimate of drug-likeness (QED) is 0.316. The lowest BCUT2D eigenvalue weighted by molar-refractivity contribution is -0.141. The number of hydrogen-bond acceptors (Lipinski definition) is 7. The third-order valence-corrected chi connectivity index (χ3v) is 7.93. The molecule has 1 aromatic heterocycles. The second-order valence-electron chi connectivity index (χ2n) is 9.45. The van der Waals surface area contributed by atoms with Gasteiger partial charge in [0.1, 0.15) is 0 Å². The number of nitrogens with one attached hydrogen (secondary N) is 1. The number of rotatable bonds is 7. The van der Waals surface area contributed by atoms with E-state index in [1.807, 2.05) is 4.90 Å². The van der Waals surface area contributed by atoms with Gasteiger partial charge in [-0.05, 0) is 53.2 Å². The number of thioether (sulfide) groups is 1. The zero-order chi connectivity index (χ0) is 29.3. The summed E-state index contributed by atoms with van der Waals surface area (Å²) in [6, 6.07) is 8.95. The number of alkyl halides is 3. The van der Waals surface area contributed by atoms with Crippen LogP contribution in [0, 0.1) is 5.92 Å². The van der Waals surface area contributed by atoms with Crippen molar-refractivity contribution in [2.24, 2.45) is 10.9 Å². The van der Waals surface area contributed by atoms with Crippen LogP contribution >= 0.6 is 23.4 Å². The summed E-state index contributed by atoms with van der Waals surface area (Å²) in [6.07, 6.45) is -1.21. The Labute approximate surface area is 241 Å². The van der Waals surface area contributed by atoms with Crippen LogP contribution in [0.5, 0.6) is 0 Å². The van der Waals surface area contributed by atoms with E-state index in [1.165, 1.54) is 35.7 Å². The normalized spacial score (nSPS) is 16.7. The van der Waals surface area contributed by atoms with Crippen LogP contribution in [0.4, 0.5) is 13.2 Å². The molecule has 41 heavy (non-hydrogen) atoms. The van der Waals surface area contributed by atoms with Crippen molar-refractivity contribution in [1.82, 2.24) is 20.0 Å². The van der Waals surface area contributed by atoms with Gasteiger partial charge in [-0.15, -0.1) is 0 Å². The minimum Gasteiger partial charge on any atom is -0.469 e. The van der Waals surface area contributed by atoms with Crippen molar-refractivity contribution >= 4 is 63.3 Å². The SMILES string of the molecule is COC(=O)CCNC(=O)C1CN(C2=NC(=O)/C(=C/c3ccc4c(cnn4Cc4ccc(Cl)cc4C(F)(F)F)c3)S2)C1. The van der Waals surface area contributed by atoms with E-state index in [2.05, 4.69) is 20.1 Å². The summed E-state index contributed by atoms with van der Waals surface area (Å²) in [5.74, 6) is -1.23. The predicted molar refractivity (Wildman–Crippen MR) is 148 cm³/mol. The Hall–Kier alpha value is -3.84. The highest BCUT2D eigenvalue weighted by Crippen LogP contribution is 2.35. The van der Waals surface area contributed by atoms with Gasteiger partial charge < -0.3 is 15.0 Å². The van der Waals surface area contributed by atoms with E-state index in [0.29, 0.717) is 39.6 Å². The third kappa shape index (κ3) is 6.41. The zero-order valence-electron chi connectivity index (χ0n) is 21.6. The molecule has 0 unspecified atom stereocenters. The summed E-state index contributed by atoms with van der Waals surface area (Å²) in [7, 11) is 1.28. The lowest BCUT2D eigenvalue weighted by Gasteiger charge is -2.38. The number of amidine groups is 1. The molecule has 0 bridgehead atoms. The van der Waals surface area contributed by atoms with Crippen LogP contribution in [0.2, 0.25) is 5.02 Å². The van der Waals surface area contributed by atoms with Crippen LogP contribution in [0.25, 0.3) is 17.0 Å². The first-order valence-electron chi connectivity index (χ1n) is 12.4. The maximum atomic E-state index is 13.5. The average molecular weight is 606 g/mol. The van der Waals surface area contributed by atoms with Gasteiger partial charge in [-0.1, -0.05) is 23.7 Å². The first-order valence-corrected chi connectivity index (χ1v) is 13.6. The number of nitrogens with zero attached hydrogens (tertiary/aromatic N) is 4. The molecule has 5 rings (SSSR count). The molecule has 9 nitrogen and oxygen atoms in total. The smallest absolute Gasteiger partial charge is 0.416 e. The monoisotopic (exact) mass is 605 g/mol. The predicted octanol–water partition coefficient (Wildman–Crippen LogP) is 4.34. The number of halogens is 4. The molecular weight excluding hydrogens is 583 g/mol. The Morgan fingerprint density at radius 3 is 2.73 bits per heavy atom. The fraction of sp³-hybridized carbons (Fsp3) is 0.296. The molecular formula is C27H23ClF3N5O4S. The minimum absolute atomic E-state index is 0.00225. The Kier molecular flexibility index (Phi) is 8.09. The van der Waals surface area contributed by atoms with Gasteiger partial charge in [-0.3, -0.25) is 19.1 Å². The number of likely N-dealkylation sites (tertiary alicyclic amines) is 1. The number of aliphatic imine (C=N–C) groups is 1. The lowest BCUT2D eigenvalue weighted by Crippen LogP contribution is -2.55. The van der Waals surface area contributed by atoms with Crippen molar-refractivity contribution in [3.63, 3.8) is 0 Å². The molecule has 2 aliphatic rings. The fourth-order valence-corrected chi connectivity index (χ4v) is 5.56. The molecule has 0 aliphatic carbocycles. The van der Waals surface area contributed by atoms with Gasteiger partial charge in [0.15, 0.2) is 5.17 Å². The van der Waals surface area contributed by atoms with Crippen molar-refractivity contribution < 1.29 is 32.3 Å². The first kappa shape index (κ1) is 28.7. The van der Waals surface area contributed by atoms with Crippen LogP contribution in [-0.2, 0) is 31.8 Å².